The van der Waals surface area contributed by atoms with Crippen LogP contribution in [0, 0.1) is 34.5 Å². The molecule has 0 N–H and O–H groups in total. The maximum Gasteiger partial charge on any atom is 0.303 e. The lowest BCUT2D eigenvalue weighted by atomic mass is 9.47. The lowest BCUT2D eigenvalue weighted by Crippen LogP contribution is -2.66. The molecule has 1 aliphatic heterocycles. The second kappa shape index (κ2) is 9.86. The summed E-state index contributed by atoms with van der Waals surface area (Å²) in [7, 11) is 5.03. The number of carbonyl (C=O) groups excluding carboxylic acids is 3. The van der Waals surface area contributed by atoms with Gasteiger partial charge in [-0.25, -0.2) is 0 Å². The van der Waals surface area contributed by atoms with E-state index in [9.17, 15) is 14.4 Å². The summed E-state index contributed by atoms with van der Waals surface area (Å²) in [4.78, 5) is 42.1. The number of methoxy groups -OCH3 is 3. The zero-order chi connectivity index (χ0) is 27.5. The number of carbonyl (C=O) groups is 3. The highest BCUT2D eigenvalue weighted by molar-refractivity contribution is 5.72. The van der Waals surface area contributed by atoms with Crippen molar-refractivity contribution in [1.82, 2.24) is 0 Å². The van der Waals surface area contributed by atoms with E-state index in [4.69, 9.17) is 33.4 Å². The molecule has 0 aromatic rings. The molecule has 0 unspecified atom stereocenters. The fraction of sp³-hybridized carbons (Fsp3) is 0.857. The van der Waals surface area contributed by atoms with E-state index in [0.29, 0.717) is 38.8 Å². The van der Waals surface area contributed by atoms with Crippen LogP contribution in [0.15, 0.2) is 4.99 Å². The standard InChI is InChI=1S/C28H41NO9/c1-15(30)36-21-7-8-26-12-29-13-27(21,14-33-4)24(26)20(34-5)9-18-10-22(35-6)28(38-17(3)32)11-19(26)23(18)25(28)37-16(2)31/h13,18-25H,7-12,14H2,1-6H3/t18-,19+,20-,21+,22-,23+,24-,25+,26+,27-,28-/m0/s1. The smallest absolute Gasteiger partial charge is 0.303 e. The summed E-state index contributed by atoms with van der Waals surface area (Å²) in [6.45, 7) is 5.15. The number of esters is 3. The zero-order valence-corrected chi connectivity index (χ0v) is 23.3. The third kappa shape index (κ3) is 3.84. The molecule has 38 heavy (non-hydrogen) atoms. The van der Waals surface area contributed by atoms with E-state index >= 15 is 0 Å². The Morgan fingerprint density at radius 3 is 2.29 bits per heavy atom. The largest absolute Gasteiger partial charge is 0.461 e. The Morgan fingerprint density at radius 2 is 1.68 bits per heavy atom. The van der Waals surface area contributed by atoms with Crippen LogP contribution < -0.4 is 0 Å². The van der Waals surface area contributed by atoms with Crippen molar-refractivity contribution in [2.45, 2.75) is 82.9 Å². The molecule has 0 aromatic carbocycles. The van der Waals surface area contributed by atoms with Gasteiger partial charge in [-0.3, -0.25) is 19.4 Å². The van der Waals surface area contributed by atoms with Gasteiger partial charge in [0.2, 0.25) is 0 Å². The topological polar surface area (TPSA) is 119 Å². The molecule has 4 fully saturated rings. The molecule has 10 nitrogen and oxygen atoms in total. The molecule has 1 heterocycles. The van der Waals surface area contributed by atoms with Crippen LogP contribution in [0.4, 0.5) is 0 Å². The van der Waals surface area contributed by atoms with E-state index in [-0.39, 0.29) is 41.2 Å². The van der Waals surface area contributed by atoms with E-state index in [1.807, 2.05) is 6.21 Å². The first kappa shape index (κ1) is 27.5. The molecule has 0 spiro atoms. The molecule has 4 bridgehead atoms. The predicted octanol–water partition coefficient (Wildman–Crippen LogP) is 2.36. The third-order valence-electron chi connectivity index (χ3n) is 10.4. The summed E-state index contributed by atoms with van der Waals surface area (Å²) in [6.07, 6.45) is 3.65. The van der Waals surface area contributed by atoms with Crippen molar-refractivity contribution in [3.8, 4) is 0 Å². The SMILES string of the molecule is COC[C@@]12C=NC[C@]3(CC[C@H]1OC(C)=O)[C@@H]1C[C@]4(OC(C)=O)[C@@H](OC)C[C@H](C[C@H](OC)[C@H]23)[C@H]1[C@H]4OC(C)=O. The minimum absolute atomic E-state index is 0.0217. The lowest BCUT2D eigenvalue weighted by Gasteiger charge is -2.61. The second-order valence-electron chi connectivity index (χ2n) is 12.1. The van der Waals surface area contributed by atoms with E-state index in [2.05, 4.69) is 0 Å². The minimum atomic E-state index is -1.07. The Labute approximate surface area is 224 Å². The Hall–Kier alpha value is -2.04. The summed E-state index contributed by atoms with van der Waals surface area (Å²) in [5.74, 6) is -1.13. The number of ether oxygens (including phenoxy) is 6. The first-order valence-electron chi connectivity index (χ1n) is 13.7. The van der Waals surface area contributed by atoms with Gasteiger partial charge in [0, 0.05) is 66.7 Å². The summed E-state index contributed by atoms with van der Waals surface area (Å²) >= 11 is 0. The lowest BCUT2D eigenvalue weighted by molar-refractivity contribution is -0.223. The number of aliphatic imine (C=N–C) groups is 1. The highest BCUT2D eigenvalue weighted by Crippen LogP contribution is 2.70. The van der Waals surface area contributed by atoms with Crippen LogP contribution in [0.3, 0.4) is 0 Å². The van der Waals surface area contributed by atoms with Crippen molar-refractivity contribution in [2.75, 3.05) is 34.5 Å². The van der Waals surface area contributed by atoms with Crippen molar-refractivity contribution in [3.63, 3.8) is 0 Å². The van der Waals surface area contributed by atoms with Crippen LogP contribution in [0.2, 0.25) is 0 Å². The fourth-order valence-electron chi connectivity index (χ4n) is 9.62. The van der Waals surface area contributed by atoms with Gasteiger partial charge in [-0.05, 0) is 49.4 Å². The van der Waals surface area contributed by atoms with Crippen molar-refractivity contribution >= 4 is 24.1 Å². The van der Waals surface area contributed by atoms with Gasteiger partial charge < -0.3 is 28.4 Å². The van der Waals surface area contributed by atoms with Crippen LogP contribution >= 0.6 is 0 Å². The molecule has 4 aliphatic carbocycles. The normalized spacial score (nSPS) is 46.5. The molecule has 10 heteroatoms. The summed E-state index contributed by atoms with van der Waals surface area (Å²) in [5, 5.41) is 0. The molecule has 5 aliphatic rings. The third-order valence-corrected chi connectivity index (χ3v) is 10.4. The quantitative estimate of drug-likeness (QED) is 0.357. The van der Waals surface area contributed by atoms with Crippen molar-refractivity contribution in [2.24, 2.45) is 39.5 Å². The first-order valence-corrected chi connectivity index (χ1v) is 13.7. The van der Waals surface area contributed by atoms with E-state index in [1.54, 1.807) is 21.3 Å². The van der Waals surface area contributed by atoms with Crippen LogP contribution in [0.25, 0.3) is 0 Å². The Balaban J connectivity index is 1.70. The molecule has 0 aromatic heterocycles. The van der Waals surface area contributed by atoms with Gasteiger partial charge in [0.25, 0.3) is 0 Å². The van der Waals surface area contributed by atoms with Crippen LogP contribution in [0.5, 0.6) is 0 Å². The number of fused-ring (bicyclic) bond motifs is 1. The van der Waals surface area contributed by atoms with Gasteiger partial charge >= 0.3 is 17.9 Å². The second-order valence-corrected chi connectivity index (χ2v) is 12.1. The van der Waals surface area contributed by atoms with Crippen molar-refractivity contribution in [3.05, 3.63) is 0 Å². The van der Waals surface area contributed by atoms with Crippen molar-refractivity contribution in [1.29, 1.82) is 0 Å². The maximum atomic E-state index is 12.5. The monoisotopic (exact) mass is 535 g/mol. The van der Waals surface area contributed by atoms with Gasteiger partial charge in [-0.1, -0.05) is 0 Å². The Bertz CT molecular complexity index is 1000. The molecular formula is C28H41NO9. The summed E-state index contributed by atoms with van der Waals surface area (Å²) in [6, 6.07) is 0. The molecule has 4 saturated carbocycles. The fourth-order valence-corrected chi connectivity index (χ4v) is 9.62. The highest BCUT2D eigenvalue weighted by Gasteiger charge is 2.76. The summed E-state index contributed by atoms with van der Waals surface area (Å²) in [5.41, 5.74) is -2.09. The van der Waals surface area contributed by atoms with Crippen molar-refractivity contribution < 1.29 is 42.8 Å². The maximum absolute atomic E-state index is 12.5. The van der Waals surface area contributed by atoms with Crippen LogP contribution in [-0.4, -0.2) is 88.6 Å². The molecule has 0 radical (unpaired) electrons. The molecule has 11 atom stereocenters. The molecule has 0 amide bonds. The number of hydrogen-bond donors (Lipinski definition) is 0. The van der Waals surface area contributed by atoms with Gasteiger partial charge in [-0.2, -0.15) is 0 Å². The van der Waals surface area contributed by atoms with Crippen LogP contribution in [-0.2, 0) is 42.8 Å². The molecule has 212 valence electrons. The average molecular weight is 536 g/mol. The molecule has 5 rings (SSSR count). The van der Waals surface area contributed by atoms with Crippen LogP contribution in [0.1, 0.15) is 52.9 Å². The zero-order valence-electron chi connectivity index (χ0n) is 23.3. The van der Waals surface area contributed by atoms with Gasteiger partial charge in [0.1, 0.15) is 18.3 Å². The minimum Gasteiger partial charge on any atom is -0.461 e. The van der Waals surface area contributed by atoms with E-state index in [1.165, 1.54) is 20.8 Å². The Kier molecular flexibility index (Phi) is 7.14. The molecular weight excluding hydrogens is 494 g/mol. The van der Waals surface area contributed by atoms with E-state index in [0.717, 1.165) is 6.42 Å². The number of hydrogen-bond acceptors (Lipinski definition) is 10. The highest BCUT2D eigenvalue weighted by atomic mass is 16.6. The number of rotatable bonds is 7. The summed E-state index contributed by atoms with van der Waals surface area (Å²) < 4.78 is 36.2. The van der Waals surface area contributed by atoms with Gasteiger partial charge in [0.05, 0.1) is 18.1 Å². The predicted molar refractivity (Wildman–Crippen MR) is 134 cm³/mol. The number of nitrogens with zero attached hydrogens (tertiary/aromatic N) is 1. The average Bonchev–Trinajstić information content (AvgIpc) is 3.00. The Morgan fingerprint density at radius 1 is 0.947 bits per heavy atom. The van der Waals surface area contributed by atoms with Gasteiger partial charge in [0.15, 0.2) is 5.60 Å². The molecule has 0 saturated heterocycles. The van der Waals surface area contributed by atoms with Gasteiger partial charge in [-0.15, -0.1) is 0 Å². The first-order chi connectivity index (χ1) is 18.1. The van der Waals surface area contributed by atoms with E-state index < -0.39 is 41.3 Å².